The summed E-state index contributed by atoms with van der Waals surface area (Å²) in [5.41, 5.74) is -0.193. The average molecular weight is 681 g/mol. The van der Waals surface area contributed by atoms with Gasteiger partial charge in [0.2, 0.25) is 11.8 Å². The normalized spacial score (nSPS) is 47.1. The number of ether oxygens (including phenoxy) is 2. The van der Waals surface area contributed by atoms with Gasteiger partial charge in [0.25, 0.3) is 0 Å². The van der Waals surface area contributed by atoms with E-state index in [1.165, 1.54) is 38.8 Å². The summed E-state index contributed by atoms with van der Waals surface area (Å²) in [6.07, 6.45) is 11.8. The number of nitrogens with one attached hydrogen (secondary N) is 1. The van der Waals surface area contributed by atoms with Crippen LogP contribution in [0.2, 0.25) is 0 Å². The average Bonchev–Trinajstić information content (AvgIpc) is 3.78. The lowest BCUT2D eigenvalue weighted by Gasteiger charge is -2.60. The Morgan fingerprint density at radius 1 is 0.878 bits per heavy atom. The maximum Gasteiger partial charge on any atom is 0.232 e. The van der Waals surface area contributed by atoms with Crippen LogP contribution in [0.3, 0.4) is 0 Å². The van der Waals surface area contributed by atoms with Crippen molar-refractivity contribution in [2.75, 3.05) is 59.0 Å². The molecular weight excluding hydrogens is 616 g/mol. The first kappa shape index (κ1) is 34.5. The summed E-state index contributed by atoms with van der Waals surface area (Å²) in [4.78, 5) is 47.6. The molecule has 8 rings (SSSR count). The Bertz CT molecular complexity index is 1270. The molecule has 0 unspecified atom stereocenters. The number of piperazine rings is 1. The second kappa shape index (κ2) is 13.1. The third-order valence-corrected chi connectivity index (χ3v) is 16.1. The molecule has 274 valence electrons. The van der Waals surface area contributed by atoms with Crippen molar-refractivity contribution in [2.45, 2.75) is 123 Å². The molecule has 8 aliphatic rings. The fourth-order valence-electron chi connectivity index (χ4n) is 13.1. The van der Waals surface area contributed by atoms with Gasteiger partial charge in [-0.05, 0) is 106 Å². The van der Waals surface area contributed by atoms with Crippen LogP contribution in [0.1, 0.15) is 105 Å². The Balaban J connectivity index is 0.838. The lowest BCUT2D eigenvalue weighted by molar-refractivity contribution is -0.272. The van der Waals surface area contributed by atoms with Gasteiger partial charge in [-0.2, -0.15) is 0 Å². The largest absolute Gasteiger partial charge is 0.353 e. The Kier molecular flexibility index (Phi) is 9.26. The third kappa shape index (κ3) is 5.93. The molecule has 49 heavy (non-hydrogen) atoms. The predicted molar refractivity (Wildman–Crippen MR) is 187 cm³/mol. The Hall–Kier alpha value is -1.55. The monoisotopic (exact) mass is 680 g/mol. The quantitative estimate of drug-likeness (QED) is 0.406. The summed E-state index contributed by atoms with van der Waals surface area (Å²) in [6, 6.07) is 0.122. The Morgan fingerprint density at radius 3 is 2.33 bits per heavy atom. The van der Waals surface area contributed by atoms with Crippen molar-refractivity contribution < 1.29 is 23.9 Å². The molecule has 4 saturated carbocycles. The number of nitrogens with zero attached hydrogens (tertiary/aromatic N) is 3. The molecule has 2 amide bonds. The topological polar surface area (TPSA) is 91.4 Å². The number of fused-ring (bicyclic) bond motifs is 7. The second-order valence-corrected chi connectivity index (χ2v) is 18.5. The van der Waals surface area contributed by atoms with E-state index in [1.807, 2.05) is 4.90 Å². The summed E-state index contributed by atoms with van der Waals surface area (Å²) >= 11 is 0. The van der Waals surface area contributed by atoms with E-state index >= 15 is 0 Å². The second-order valence-electron chi connectivity index (χ2n) is 18.5. The summed E-state index contributed by atoms with van der Waals surface area (Å²) in [5.74, 6) is 2.79. The SMILES string of the molecule is C[C@@H]1CC[C@@]2(OC1)O[C@H]1C[C@H]3[C@@H]4CC[C@H]5C[C@H](NC(=O)CC(=O)N6CCN(CCN7CCCC7)CC6)CC[C@]5(C)[C@H]4CC(=O)[C@]3(C)[C@H]1[C@@H]2C. The number of ketones is 1. The van der Waals surface area contributed by atoms with Crippen molar-refractivity contribution in [1.29, 1.82) is 0 Å². The zero-order valence-corrected chi connectivity index (χ0v) is 30.9. The van der Waals surface area contributed by atoms with Crippen LogP contribution in [0.15, 0.2) is 0 Å². The van der Waals surface area contributed by atoms with E-state index in [-0.39, 0.29) is 53.0 Å². The zero-order valence-electron chi connectivity index (χ0n) is 30.9. The van der Waals surface area contributed by atoms with Gasteiger partial charge in [0.05, 0.1) is 12.7 Å². The van der Waals surface area contributed by atoms with E-state index in [2.05, 4.69) is 42.8 Å². The first-order valence-electron chi connectivity index (χ1n) is 20.4. The van der Waals surface area contributed by atoms with Crippen LogP contribution < -0.4 is 5.32 Å². The molecule has 4 heterocycles. The summed E-state index contributed by atoms with van der Waals surface area (Å²) in [7, 11) is 0. The van der Waals surface area contributed by atoms with Gasteiger partial charge in [-0.25, -0.2) is 0 Å². The summed E-state index contributed by atoms with van der Waals surface area (Å²) in [5, 5.41) is 3.29. The first-order chi connectivity index (χ1) is 23.5. The van der Waals surface area contributed by atoms with Gasteiger partial charge in [-0.3, -0.25) is 19.3 Å². The first-order valence-corrected chi connectivity index (χ1v) is 20.4. The maximum absolute atomic E-state index is 14.4. The van der Waals surface area contributed by atoms with Crippen molar-refractivity contribution in [2.24, 2.45) is 52.3 Å². The maximum atomic E-state index is 14.4. The molecule has 0 aromatic carbocycles. The van der Waals surface area contributed by atoms with Gasteiger partial charge in [0, 0.05) is 75.4 Å². The highest BCUT2D eigenvalue weighted by atomic mass is 16.7. The number of likely N-dealkylation sites (tertiary alicyclic amines) is 1. The van der Waals surface area contributed by atoms with Crippen LogP contribution in [-0.4, -0.2) is 109 Å². The minimum atomic E-state index is -0.494. The van der Waals surface area contributed by atoms with Crippen LogP contribution in [0.5, 0.6) is 0 Å². The van der Waals surface area contributed by atoms with Gasteiger partial charge < -0.3 is 24.6 Å². The standard InChI is InChI=1S/C40H64N4O5/c1-26-9-12-40(48-25-26)27(2)37-33(49-40)22-32-30-8-7-28-21-29(10-11-38(28,3)31(30)23-34(45)39(32,37)4)41-35(46)24-36(47)44-19-17-43(18-20-44)16-15-42-13-5-6-14-42/h26-33,37H,5-25H2,1-4H3,(H,41,46)/t26-,27+,28+,29-,30-,31+,32+,33+,37+,38+,39-,40-/m1/s1. The van der Waals surface area contributed by atoms with E-state index in [1.54, 1.807) is 0 Å². The van der Waals surface area contributed by atoms with Crippen LogP contribution in [0.25, 0.3) is 0 Å². The molecule has 1 N–H and O–H groups in total. The third-order valence-electron chi connectivity index (χ3n) is 16.1. The van der Waals surface area contributed by atoms with Crippen molar-refractivity contribution in [3.05, 3.63) is 0 Å². The molecule has 8 fully saturated rings. The molecule has 9 heteroatoms. The molecule has 9 nitrogen and oxygen atoms in total. The van der Waals surface area contributed by atoms with Gasteiger partial charge in [-0.15, -0.1) is 0 Å². The molecule has 4 aliphatic carbocycles. The number of carbonyl (C=O) groups excluding carboxylic acids is 3. The fourth-order valence-corrected chi connectivity index (χ4v) is 13.1. The summed E-state index contributed by atoms with van der Waals surface area (Å²) < 4.78 is 13.4. The summed E-state index contributed by atoms with van der Waals surface area (Å²) in [6.45, 7) is 18.0. The molecule has 0 aromatic heterocycles. The highest BCUT2D eigenvalue weighted by molar-refractivity contribution is 5.97. The lowest BCUT2D eigenvalue weighted by atomic mass is 9.44. The van der Waals surface area contributed by atoms with E-state index in [9.17, 15) is 14.4 Å². The van der Waals surface area contributed by atoms with Crippen molar-refractivity contribution in [3.63, 3.8) is 0 Å². The van der Waals surface area contributed by atoms with E-state index in [4.69, 9.17) is 9.47 Å². The molecule has 0 aromatic rings. The molecule has 12 atom stereocenters. The molecule has 4 aliphatic heterocycles. The highest BCUT2D eigenvalue weighted by Crippen LogP contribution is 2.70. The van der Waals surface area contributed by atoms with E-state index in [0.717, 1.165) is 84.4 Å². The van der Waals surface area contributed by atoms with Gasteiger partial charge >= 0.3 is 0 Å². The number of carbonyl (C=O) groups is 3. The number of hydrogen-bond donors (Lipinski definition) is 1. The van der Waals surface area contributed by atoms with E-state index in [0.29, 0.717) is 41.8 Å². The van der Waals surface area contributed by atoms with Crippen molar-refractivity contribution in [1.82, 2.24) is 20.0 Å². The highest BCUT2D eigenvalue weighted by Gasteiger charge is 2.71. The minimum Gasteiger partial charge on any atom is -0.353 e. The smallest absolute Gasteiger partial charge is 0.232 e. The van der Waals surface area contributed by atoms with Gasteiger partial charge in [0.1, 0.15) is 12.2 Å². The van der Waals surface area contributed by atoms with Crippen LogP contribution in [-0.2, 0) is 23.9 Å². The van der Waals surface area contributed by atoms with Crippen molar-refractivity contribution in [3.8, 4) is 0 Å². The molecule has 0 radical (unpaired) electrons. The van der Waals surface area contributed by atoms with Crippen LogP contribution >= 0.6 is 0 Å². The van der Waals surface area contributed by atoms with Crippen LogP contribution in [0, 0.1) is 52.3 Å². The predicted octanol–water partition coefficient (Wildman–Crippen LogP) is 4.73. The van der Waals surface area contributed by atoms with Gasteiger partial charge in [0.15, 0.2) is 5.79 Å². The zero-order chi connectivity index (χ0) is 34.1. The number of hydrogen-bond acceptors (Lipinski definition) is 7. The van der Waals surface area contributed by atoms with Crippen LogP contribution in [0.4, 0.5) is 0 Å². The number of amides is 2. The molecule has 0 bridgehead atoms. The number of Topliss-reactive ketones (excluding diaryl/α,β-unsaturated/α-hetero) is 1. The molecular formula is C40H64N4O5. The fraction of sp³-hybridized carbons (Fsp3) is 0.925. The van der Waals surface area contributed by atoms with E-state index < -0.39 is 5.79 Å². The lowest BCUT2D eigenvalue weighted by Crippen LogP contribution is -2.59. The molecule has 4 saturated heterocycles. The van der Waals surface area contributed by atoms with Gasteiger partial charge in [-0.1, -0.05) is 27.7 Å². The molecule has 1 spiro atoms. The Labute approximate surface area is 294 Å². The van der Waals surface area contributed by atoms with Crippen molar-refractivity contribution >= 4 is 17.6 Å². The number of rotatable bonds is 6. The Morgan fingerprint density at radius 2 is 1.61 bits per heavy atom. The minimum absolute atomic E-state index is 0.0308.